The first-order chi connectivity index (χ1) is 9.99. The number of hydrogen-bond acceptors (Lipinski definition) is 6. The average molecular weight is 307 g/mol. The topological polar surface area (TPSA) is 79.3 Å². The van der Waals surface area contributed by atoms with Gasteiger partial charge in [-0.15, -0.1) is 11.3 Å². The number of ether oxygens (including phenoxy) is 1. The Labute approximate surface area is 129 Å². The number of anilines is 2. The summed E-state index contributed by atoms with van der Waals surface area (Å²) in [5, 5.41) is 9.95. The minimum absolute atomic E-state index is 0.252. The maximum absolute atomic E-state index is 12.2. The second-order valence-electron chi connectivity index (χ2n) is 5.55. The normalized spacial score (nSPS) is 21.9. The highest BCUT2D eigenvalue weighted by Crippen LogP contribution is 2.40. The van der Waals surface area contributed by atoms with E-state index >= 15 is 0 Å². The van der Waals surface area contributed by atoms with Crippen molar-refractivity contribution < 1.29 is 9.53 Å². The van der Waals surface area contributed by atoms with Gasteiger partial charge in [-0.2, -0.15) is 5.26 Å². The highest BCUT2D eigenvalue weighted by atomic mass is 32.1. The molecule has 6 heteroatoms. The number of thiophene rings is 1. The van der Waals surface area contributed by atoms with Crippen LogP contribution in [0.2, 0.25) is 0 Å². The number of nitrogen functional groups attached to an aromatic ring is 1. The molecule has 1 aromatic rings. The molecule has 0 radical (unpaired) electrons. The Morgan fingerprint density at radius 3 is 2.81 bits per heavy atom. The van der Waals surface area contributed by atoms with Gasteiger partial charge in [0.1, 0.15) is 21.5 Å². The predicted molar refractivity (Wildman–Crippen MR) is 84.6 cm³/mol. The van der Waals surface area contributed by atoms with Crippen molar-refractivity contribution >= 4 is 28.0 Å². The molecule has 21 heavy (non-hydrogen) atoms. The summed E-state index contributed by atoms with van der Waals surface area (Å²) in [4.78, 5) is 14.7. The molecule has 2 N–H and O–H groups in total. The summed E-state index contributed by atoms with van der Waals surface area (Å²) in [6.07, 6.45) is 1.07. The van der Waals surface area contributed by atoms with Gasteiger partial charge in [0, 0.05) is 13.1 Å². The summed E-state index contributed by atoms with van der Waals surface area (Å²) >= 11 is 1.29. The van der Waals surface area contributed by atoms with E-state index in [9.17, 15) is 10.1 Å². The van der Waals surface area contributed by atoms with Crippen LogP contribution in [-0.4, -0.2) is 25.7 Å². The van der Waals surface area contributed by atoms with Crippen LogP contribution in [0.1, 0.15) is 42.4 Å². The van der Waals surface area contributed by atoms with Gasteiger partial charge in [0.25, 0.3) is 0 Å². The van der Waals surface area contributed by atoms with Crippen LogP contribution in [0, 0.1) is 23.2 Å². The molecule has 5 nitrogen and oxygen atoms in total. The third-order valence-corrected chi connectivity index (χ3v) is 5.30. The van der Waals surface area contributed by atoms with Gasteiger partial charge in [-0.1, -0.05) is 13.8 Å². The van der Waals surface area contributed by atoms with Gasteiger partial charge in [-0.25, -0.2) is 4.79 Å². The van der Waals surface area contributed by atoms with Crippen LogP contribution < -0.4 is 10.6 Å². The fourth-order valence-electron chi connectivity index (χ4n) is 2.58. The van der Waals surface area contributed by atoms with Crippen LogP contribution >= 0.6 is 11.3 Å². The molecule has 0 aromatic carbocycles. The fourth-order valence-corrected chi connectivity index (χ4v) is 3.63. The zero-order valence-electron chi connectivity index (χ0n) is 12.7. The van der Waals surface area contributed by atoms with Gasteiger partial charge in [0.15, 0.2) is 0 Å². The van der Waals surface area contributed by atoms with E-state index in [1.807, 2.05) is 0 Å². The molecule has 2 unspecified atom stereocenters. The van der Waals surface area contributed by atoms with Crippen LogP contribution in [0.25, 0.3) is 0 Å². The van der Waals surface area contributed by atoms with Crippen molar-refractivity contribution in [3.05, 3.63) is 10.4 Å². The smallest absolute Gasteiger partial charge is 0.343 e. The second kappa shape index (κ2) is 6.35. The number of hydrogen-bond donors (Lipinski definition) is 1. The van der Waals surface area contributed by atoms with Gasteiger partial charge in [-0.3, -0.25) is 0 Å². The number of nitrogens with two attached hydrogens (primary N) is 1. The summed E-state index contributed by atoms with van der Waals surface area (Å²) in [5.41, 5.74) is 6.59. The minimum Gasteiger partial charge on any atom is -0.462 e. The number of rotatable bonds is 3. The van der Waals surface area contributed by atoms with E-state index in [2.05, 4.69) is 24.8 Å². The Hall–Kier alpha value is -1.74. The molecule has 0 bridgehead atoms. The molecule has 1 aromatic heterocycles. The molecule has 114 valence electrons. The van der Waals surface area contributed by atoms with Crippen molar-refractivity contribution in [1.29, 1.82) is 5.26 Å². The third kappa shape index (κ3) is 2.98. The molecule has 0 saturated carbocycles. The Morgan fingerprint density at radius 2 is 2.24 bits per heavy atom. The lowest BCUT2D eigenvalue weighted by atomic mass is 9.89. The molecule has 2 rings (SSSR count). The van der Waals surface area contributed by atoms with Crippen LogP contribution in [0.15, 0.2) is 0 Å². The monoisotopic (exact) mass is 307 g/mol. The van der Waals surface area contributed by atoms with Gasteiger partial charge in [0.05, 0.1) is 12.3 Å². The molecule has 0 aliphatic carbocycles. The summed E-state index contributed by atoms with van der Waals surface area (Å²) in [5.74, 6) is 0.775. The van der Waals surface area contributed by atoms with Crippen LogP contribution in [-0.2, 0) is 4.74 Å². The van der Waals surface area contributed by atoms with E-state index in [0.29, 0.717) is 28.9 Å². The van der Waals surface area contributed by atoms with Crippen LogP contribution in [0.4, 0.5) is 10.7 Å². The maximum Gasteiger partial charge on any atom is 0.343 e. The Bertz CT molecular complexity index is 576. The number of carbonyl (C=O) groups is 1. The second-order valence-corrected chi connectivity index (χ2v) is 6.55. The summed E-state index contributed by atoms with van der Waals surface area (Å²) in [6, 6.07) is 2.07. The first-order valence-corrected chi connectivity index (χ1v) is 8.05. The molecule has 2 atom stereocenters. The first kappa shape index (κ1) is 15.6. The van der Waals surface area contributed by atoms with E-state index in [-0.39, 0.29) is 5.69 Å². The molecule has 1 aliphatic rings. The van der Waals surface area contributed by atoms with Crippen LogP contribution in [0.3, 0.4) is 0 Å². The first-order valence-electron chi connectivity index (χ1n) is 7.24. The number of esters is 1. The predicted octanol–water partition coefficient (Wildman–Crippen LogP) is 2.86. The fraction of sp³-hybridized carbons (Fsp3) is 0.600. The number of nitriles is 1. The van der Waals surface area contributed by atoms with E-state index in [1.165, 1.54) is 11.3 Å². The standard InChI is InChI=1S/C15H21N3O2S/c1-4-20-15(19)12-13(17)11(7-16)21-14(12)18-6-5-9(2)10(3)8-18/h9-10H,4-6,8,17H2,1-3H3. The quantitative estimate of drug-likeness (QED) is 0.869. The molecule has 0 amide bonds. The summed E-state index contributed by atoms with van der Waals surface area (Å²) < 4.78 is 5.10. The van der Waals surface area contributed by atoms with E-state index < -0.39 is 5.97 Å². The largest absolute Gasteiger partial charge is 0.462 e. The zero-order chi connectivity index (χ0) is 15.6. The lowest BCUT2D eigenvalue weighted by Gasteiger charge is -2.36. The maximum atomic E-state index is 12.2. The third-order valence-electron chi connectivity index (χ3n) is 4.13. The van der Waals surface area contributed by atoms with Crippen molar-refractivity contribution in [2.75, 3.05) is 30.3 Å². The molecule has 2 heterocycles. The van der Waals surface area contributed by atoms with Gasteiger partial charge in [0.2, 0.25) is 0 Å². The van der Waals surface area contributed by atoms with Gasteiger partial charge >= 0.3 is 5.97 Å². The van der Waals surface area contributed by atoms with Gasteiger partial charge in [-0.05, 0) is 25.2 Å². The Balaban J connectivity index is 2.39. The summed E-state index contributed by atoms with van der Waals surface area (Å²) in [6.45, 7) is 8.26. The molecule has 1 aliphatic heterocycles. The lowest BCUT2D eigenvalue weighted by Crippen LogP contribution is -2.38. The van der Waals surface area contributed by atoms with Gasteiger partial charge < -0.3 is 15.4 Å². The van der Waals surface area contributed by atoms with Crippen LogP contribution in [0.5, 0.6) is 0 Å². The highest BCUT2D eigenvalue weighted by molar-refractivity contribution is 7.17. The van der Waals surface area contributed by atoms with E-state index in [1.54, 1.807) is 6.92 Å². The number of carbonyl (C=O) groups excluding carboxylic acids is 1. The molecular weight excluding hydrogens is 286 g/mol. The number of nitrogens with zero attached hydrogens (tertiary/aromatic N) is 2. The lowest BCUT2D eigenvalue weighted by molar-refractivity contribution is 0.0528. The molecule has 0 spiro atoms. The molecule has 1 saturated heterocycles. The molecule has 1 fully saturated rings. The van der Waals surface area contributed by atoms with Crippen molar-refractivity contribution in [2.24, 2.45) is 11.8 Å². The minimum atomic E-state index is -0.436. The zero-order valence-corrected chi connectivity index (χ0v) is 13.5. The number of piperidine rings is 1. The van der Waals surface area contributed by atoms with Crippen molar-refractivity contribution in [3.8, 4) is 6.07 Å². The van der Waals surface area contributed by atoms with E-state index in [0.717, 1.165) is 24.5 Å². The summed E-state index contributed by atoms with van der Waals surface area (Å²) in [7, 11) is 0. The highest BCUT2D eigenvalue weighted by Gasteiger charge is 2.30. The Morgan fingerprint density at radius 1 is 1.52 bits per heavy atom. The van der Waals surface area contributed by atoms with E-state index in [4.69, 9.17) is 10.5 Å². The van der Waals surface area contributed by atoms with Crippen molar-refractivity contribution in [3.63, 3.8) is 0 Å². The SMILES string of the molecule is CCOC(=O)c1c(N2CCC(C)C(C)C2)sc(C#N)c1N. The van der Waals surface area contributed by atoms with Crippen molar-refractivity contribution in [1.82, 2.24) is 0 Å². The average Bonchev–Trinajstić information content (AvgIpc) is 2.79. The molecular formula is C15H21N3O2S. The Kier molecular flexibility index (Phi) is 4.73. The van der Waals surface area contributed by atoms with Crippen molar-refractivity contribution in [2.45, 2.75) is 27.2 Å².